The van der Waals surface area contributed by atoms with Crippen LogP contribution >= 0.6 is 0 Å². The van der Waals surface area contributed by atoms with E-state index in [0.29, 0.717) is 0 Å². The molecule has 0 bridgehead atoms. The van der Waals surface area contributed by atoms with Crippen LogP contribution in [0.3, 0.4) is 0 Å². The highest BCUT2D eigenvalue weighted by molar-refractivity contribution is 5.14. The SMILES string of the molecule is CCNC1CCCC1CCN(C)Cc1ccccc1. The Morgan fingerprint density at radius 3 is 2.74 bits per heavy atom. The molecule has 2 rings (SSSR count). The van der Waals surface area contributed by atoms with E-state index < -0.39 is 0 Å². The predicted octanol–water partition coefficient (Wildman–Crippen LogP) is 3.29. The molecule has 2 atom stereocenters. The Morgan fingerprint density at radius 2 is 2.00 bits per heavy atom. The van der Waals surface area contributed by atoms with Crippen LogP contribution in [0.25, 0.3) is 0 Å². The van der Waals surface area contributed by atoms with Crippen LogP contribution in [-0.2, 0) is 6.54 Å². The van der Waals surface area contributed by atoms with E-state index in [1.54, 1.807) is 0 Å². The predicted molar refractivity (Wildman–Crippen MR) is 82.2 cm³/mol. The number of nitrogens with zero attached hydrogens (tertiary/aromatic N) is 1. The van der Waals surface area contributed by atoms with Gasteiger partial charge in [0.05, 0.1) is 0 Å². The molecule has 1 N–H and O–H groups in total. The number of nitrogens with one attached hydrogen (secondary N) is 1. The van der Waals surface area contributed by atoms with E-state index in [4.69, 9.17) is 0 Å². The summed E-state index contributed by atoms with van der Waals surface area (Å²) in [7, 11) is 2.24. The number of rotatable bonds is 7. The zero-order valence-corrected chi connectivity index (χ0v) is 12.4. The highest BCUT2D eigenvalue weighted by atomic mass is 15.1. The van der Waals surface area contributed by atoms with Crippen molar-refractivity contribution < 1.29 is 0 Å². The summed E-state index contributed by atoms with van der Waals surface area (Å²) in [5.41, 5.74) is 1.42. The van der Waals surface area contributed by atoms with Crippen molar-refractivity contribution in [3.05, 3.63) is 35.9 Å². The van der Waals surface area contributed by atoms with Crippen LogP contribution in [0.2, 0.25) is 0 Å². The standard InChI is InChI=1S/C17H28N2/c1-3-18-17-11-7-10-16(17)12-13-19(2)14-15-8-5-4-6-9-15/h4-6,8-9,16-18H,3,7,10-14H2,1-2H3. The van der Waals surface area contributed by atoms with Crippen LogP contribution in [0.4, 0.5) is 0 Å². The molecule has 19 heavy (non-hydrogen) atoms. The van der Waals surface area contributed by atoms with E-state index >= 15 is 0 Å². The minimum Gasteiger partial charge on any atom is -0.314 e. The summed E-state index contributed by atoms with van der Waals surface area (Å²) in [6.07, 6.45) is 5.53. The molecule has 1 fully saturated rings. The molecule has 1 saturated carbocycles. The first kappa shape index (κ1) is 14.5. The number of hydrogen-bond acceptors (Lipinski definition) is 2. The Balaban J connectivity index is 1.72. The molecule has 1 aliphatic carbocycles. The summed E-state index contributed by atoms with van der Waals surface area (Å²) in [5, 5.41) is 3.65. The van der Waals surface area contributed by atoms with Crippen molar-refractivity contribution >= 4 is 0 Å². The normalized spacial score (nSPS) is 23.1. The van der Waals surface area contributed by atoms with Gasteiger partial charge >= 0.3 is 0 Å². The van der Waals surface area contributed by atoms with E-state index in [0.717, 1.165) is 25.0 Å². The van der Waals surface area contributed by atoms with Gasteiger partial charge in [-0.2, -0.15) is 0 Å². The summed E-state index contributed by atoms with van der Waals surface area (Å²) in [4.78, 5) is 2.46. The molecular weight excluding hydrogens is 232 g/mol. The van der Waals surface area contributed by atoms with Crippen molar-refractivity contribution in [2.45, 2.75) is 45.2 Å². The van der Waals surface area contributed by atoms with Crippen LogP contribution in [-0.4, -0.2) is 31.1 Å². The van der Waals surface area contributed by atoms with Gasteiger partial charge in [0, 0.05) is 12.6 Å². The number of hydrogen-bond donors (Lipinski definition) is 1. The lowest BCUT2D eigenvalue weighted by Crippen LogP contribution is -2.34. The maximum atomic E-state index is 3.65. The maximum Gasteiger partial charge on any atom is 0.0230 e. The van der Waals surface area contributed by atoms with Gasteiger partial charge in [0.2, 0.25) is 0 Å². The van der Waals surface area contributed by atoms with Gasteiger partial charge in [0.25, 0.3) is 0 Å². The van der Waals surface area contributed by atoms with Crippen LogP contribution in [0.15, 0.2) is 30.3 Å². The van der Waals surface area contributed by atoms with Crippen molar-refractivity contribution in [1.29, 1.82) is 0 Å². The fraction of sp³-hybridized carbons (Fsp3) is 0.647. The van der Waals surface area contributed by atoms with Gasteiger partial charge in [-0.25, -0.2) is 0 Å². The molecule has 0 spiro atoms. The zero-order chi connectivity index (χ0) is 13.5. The van der Waals surface area contributed by atoms with E-state index in [9.17, 15) is 0 Å². The highest BCUT2D eigenvalue weighted by Gasteiger charge is 2.26. The van der Waals surface area contributed by atoms with Crippen LogP contribution < -0.4 is 5.32 Å². The third-order valence-corrected chi connectivity index (χ3v) is 4.30. The molecule has 2 unspecified atom stereocenters. The van der Waals surface area contributed by atoms with E-state index in [-0.39, 0.29) is 0 Å². The Kier molecular flexibility index (Phi) is 5.87. The van der Waals surface area contributed by atoms with Crippen molar-refractivity contribution in [2.24, 2.45) is 5.92 Å². The Morgan fingerprint density at radius 1 is 1.21 bits per heavy atom. The quantitative estimate of drug-likeness (QED) is 0.809. The summed E-state index contributed by atoms with van der Waals surface area (Å²) < 4.78 is 0. The second-order valence-corrected chi connectivity index (χ2v) is 5.87. The van der Waals surface area contributed by atoms with Crippen LogP contribution in [0.1, 0.15) is 38.2 Å². The minimum absolute atomic E-state index is 0.773. The molecule has 0 aromatic heterocycles. The second kappa shape index (κ2) is 7.66. The summed E-state index contributed by atoms with van der Waals surface area (Å²) in [6, 6.07) is 11.5. The van der Waals surface area contributed by atoms with Gasteiger partial charge in [0.1, 0.15) is 0 Å². The Labute approximate surface area is 118 Å². The Hall–Kier alpha value is -0.860. The van der Waals surface area contributed by atoms with Crippen molar-refractivity contribution in [3.63, 3.8) is 0 Å². The molecular formula is C17H28N2. The topological polar surface area (TPSA) is 15.3 Å². The molecule has 1 aromatic carbocycles. The Bertz CT molecular complexity index is 350. The van der Waals surface area contributed by atoms with Gasteiger partial charge < -0.3 is 10.2 Å². The molecule has 106 valence electrons. The maximum absolute atomic E-state index is 3.65. The van der Waals surface area contributed by atoms with Crippen molar-refractivity contribution in [2.75, 3.05) is 20.1 Å². The van der Waals surface area contributed by atoms with E-state index in [1.165, 1.54) is 37.8 Å². The third kappa shape index (κ3) is 4.63. The molecule has 1 aliphatic rings. The lowest BCUT2D eigenvalue weighted by Gasteiger charge is -2.23. The molecule has 1 aromatic rings. The summed E-state index contributed by atoms with van der Waals surface area (Å²) >= 11 is 0. The smallest absolute Gasteiger partial charge is 0.0230 e. The van der Waals surface area contributed by atoms with Gasteiger partial charge in [-0.15, -0.1) is 0 Å². The first-order valence-corrected chi connectivity index (χ1v) is 7.75. The van der Waals surface area contributed by atoms with Gasteiger partial charge in [-0.1, -0.05) is 43.7 Å². The lowest BCUT2D eigenvalue weighted by atomic mass is 9.99. The molecule has 0 radical (unpaired) electrons. The van der Waals surface area contributed by atoms with Gasteiger partial charge in [-0.05, 0) is 50.9 Å². The van der Waals surface area contributed by atoms with Crippen LogP contribution in [0.5, 0.6) is 0 Å². The monoisotopic (exact) mass is 260 g/mol. The van der Waals surface area contributed by atoms with Crippen LogP contribution in [0, 0.1) is 5.92 Å². The number of benzene rings is 1. The fourth-order valence-corrected chi connectivity index (χ4v) is 3.27. The molecule has 0 aliphatic heterocycles. The molecule has 2 nitrogen and oxygen atoms in total. The van der Waals surface area contributed by atoms with Gasteiger partial charge in [-0.3, -0.25) is 0 Å². The molecule has 0 saturated heterocycles. The zero-order valence-electron chi connectivity index (χ0n) is 12.4. The molecule has 2 heteroatoms. The van der Waals surface area contributed by atoms with E-state index in [2.05, 4.69) is 54.5 Å². The fourth-order valence-electron chi connectivity index (χ4n) is 3.27. The first-order valence-electron chi connectivity index (χ1n) is 7.75. The van der Waals surface area contributed by atoms with Gasteiger partial charge in [0.15, 0.2) is 0 Å². The average Bonchev–Trinajstić information content (AvgIpc) is 2.85. The lowest BCUT2D eigenvalue weighted by molar-refractivity contribution is 0.276. The minimum atomic E-state index is 0.773. The second-order valence-electron chi connectivity index (χ2n) is 5.87. The van der Waals surface area contributed by atoms with Crippen molar-refractivity contribution in [1.82, 2.24) is 10.2 Å². The van der Waals surface area contributed by atoms with Crippen molar-refractivity contribution in [3.8, 4) is 0 Å². The summed E-state index contributed by atoms with van der Waals surface area (Å²) in [5.74, 6) is 0.887. The first-order chi connectivity index (χ1) is 9.29. The average molecular weight is 260 g/mol. The molecule has 0 heterocycles. The largest absolute Gasteiger partial charge is 0.314 e. The third-order valence-electron chi connectivity index (χ3n) is 4.30. The molecule has 0 amide bonds. The van der Waals surface area contributed by atoms with E-state index in [1.807, 2.05) is 0 Å². The summed E-state index contributed by atoms with van der Waals surface area (Å²) in [6.45, 7) is 5.61. The highest BCUT2D eigenvalue weighted by Crippen LogP contribution is 2.28.